The summed E-state index contributed by atoms with van der Waals surface area (Å²) >= 11 is 0. The largest absolute Gasteiger partial charge is 0.480 e. The maximum atomic E-state index is 10.9. The van der Waals surface area contributed by atoms with E-state index in [1.807, 2.05) is 13.1 Å². The van der Waals surface area contributed by atoms with Crippen molar-refractivity contribution in [2.24, 2.45) is 0 Å². The van der Waals surface area contributed by atoms with Gasteiger partial charge in [-0.15, -0.1) is 0 Å². The van der Waals surface area contributed by atoms with Gasteiger partial charge in [0.2, 0.25) is 0 Å². The minimum atomic E-state index is -0.843. The zero-order chi connectivity index (χ0) is 13.0. The maximum Gasteiger partial charge on any atom is 0.326 e. The molecule has 2 N–H and O–H groups in total. The highest BCUT2D eigenvalue weighted by molar-refractivity contribution is 5.76. The first kappa shape index (κ1) is 12.9. The minimum absolute atomic E-state index is 0.235. The fourth-order valence-electron chi connectivity index (χ4n) is 2.07. The quantitative estimate of drug-likeness (QED) is 0.800. The lowest BCUT2D eigenvalue weighted by Crippen LogP contribution is -2.28. The molecule has 0 aliphatic carbocycles. The van der Waals surface area contributed by atoms with Gasteiger partial charge in [0.1, 0.15) is 6.04 Å². The molecule has 1 aromatic heterocycles. The van der Waals surface area contributed by atoms with Crippen molar-refractivity contribution in [2.75, 3.05) is 11.9 Å². The Bertz CT molecular complexity index is 399. The normalized spacial score (nSPS) is 20.8. The number of hydrogen-bond acceptors (Lipinski definition) is 4. The Hall–Kier alpha value is -1.56. The number of anilines is 1. The molecule has 0 radical (unpaired) electrons. The second-order valence-corrected chi connectivity index (χ2v) is 4.53. The molecule has 2 rings (SSSR count). The summed E-state index contributed by atoms with van der Waals surface area (Å²) in [4.78, 5) is 10.9. The summed E-state index contributed by atoms with van der Waals surface area (Å²) in [6.07, 6.45) is 6.42. The van der Waals surface area contributed by atoms with E-state index in [9.17, 15) is 4.79 Å². The van der Waals surface area contributed by atoms with Crippen LogP contribution in [0.4, 0.5) is 5.69 Å². The molecule has 0 bridgehead atoms. The van der Waals surface area contributed by atoms with E-state index in [4.69, 9.17) is 9.84 Å². The predicted octanol–water partition coefficient (Wildman–Crippen LogP) is 1.34. The summed E-state index contributed by atoms with van der Waals surface area (Å²) in [5.41, 5.74) is 0.738. The molecule has 0 saturated carbocycles. The Morgan fingerprint density at radius 1 is 1.78 bits per heavy atom. The summed E-state index contributed by atoms with van der Waals surface area (Å²) in [5.74, 6) is -0.843. The van der Waals surface area contributed by atoms with Crippen LogP contribution in [0.25, 0.3) is 0 Å². The molecule has 1 saturated heterocycles. The molecule has 1 aliphatic rings. The first-order valence-electron chi connectivity index (χ1n) is 6.32. The standard InChI is InChI=1S/C12H19N3O3/c1-2-11(12(16)17)14-9-6-13-15(7-9)8-10-4-3-5-18-10/h6-7,10-11,14H,2-5,8H2,1H3,(H,16,17). The monoisotopic (exact) mass is 253 g/mol. The van der Waals surface area contributed by atoms with Gasteiger partial charge in [0.25, 0.3) is 0 Å². The zero-order valence-corrected chi connectivity index (χ0v) is 10.5. The molecule has 6 nitrogen and oxygen atoms in total. The van der Waals surface area contributed by atoms with E-state index in [2.05, 4.69) is 10.4 Å². The van der Waals surface area contributed by atoms with E-state index in [1.165, 1.54) is 0 Å². The molecule has 0 spiro atoms. The zero-order valence-electron chi connectivity index (χ0n) is 10.5. The third-order valence-electron chi connectivity index (χ3n) is 3.10. The smallest absolute Gasteiger partial charge is 0.326 e. The van der Waals surface area contributed by atoms with Crippen LogP contribution in [0.3, 0.4) is 0 Å². The molecule has 2 heterocycles. The van der Waals surface area contributed by atoms with Crippen molar-refractivity contribution >= 4 is 11.7 Å². The van der Waals surface area contributed by atoms with Crippen LogP contribution in [-0.4, -0.2) is 39.6 Å². The molecule has 1 aliphatic heterocycles. The molecule has 6 heteroatoms. The number of rotatable bonds is 6. The van der Waals surface area contributed by atoms with Gasteiger partial charge in [-0.05, 0) is 19.3 Å². The summed E-state index contributed by atoms with van der Waals surface area (Å²) in [6, 6.07) is -0.564. The van der Waals surface area contributed by atoms with E-state index < -0.39 is 12.0 Å². The fraction of sp³-hybridized carbons (Fsp3) is 0.667. The van der Waals surface area contributed by atoms with Gasteiger partial charge in [-0.25, -0.2) is 4.79 Å². The van der Waals surface area contributed by atoms with Crippen molar-refractivity contribution in [1.29, 1.82) is 0 Å². The first-order chi connectivity index (χ1) is 8.69. The average molecular weight is 253 g/mol. The summed E-state index contributed by atoms with van der Waals surface area (Å²) in [7, 11) is 0. The SMILES string of the molecule is CCC(Nc1cnn(CC2CCCO2)c1)C(=O)O. The first-order valence-corrected chi connectivity index (χ1v) is 6.32. The van der Waals surface area contributed by atoms with Crippen LogP contribution in [0.2, 0.25) is 0 Å². The van der Waals surface area contributed by atoms with Gasteiger partial charge >= 0.3 is 5.97 Å². The molecule has 1 fully saturated rings. The summed E-state index contributed by atoms with van der Waals surface area (Å²) in [5, 5.41) is 16.1. The van der Waals surface area contributed by atoms with Crippen LogP contribution in [-0.2, 0) is 16.1 Å². The van der Waals surface area contributed by atoms with Crippen molar-refractivity contribution in [3.63, 3.8) is 0 Å². The van der Waals surface area contributed by atoms with Crippen molar-refractivity contribution in [3.8, 4) is 0 Å². The molecule has 2 atom stereocenters. The van der Waals surface area contributed by atoms with Gasteiger partial charge < -0.3 is 15.2 Å². The molecule has 1 aromatic rings. The van der Waals surface area contributed by atoms with Crippen LogP contribution in [0.5, 0.6) is 0 Å². The highest BCUT2D eigenvalue weighted by atomic mass is 16.5. The summed E-state index contributed by atoms with van der Waals surface area (Å²) < 4.78 is 7.33. The lowest BCUT2D eigenvalue weighted by atomic mass is 10.2. The number of carboxylic acid groups (broad SMARTS) is 1. The molecule has 0 amide bonds. The van der Waals surface area contributed by atoms with Crippen molar-refractivity contribution in [3.05, 3.63) is 12.4 Å². The molecule has 2 unspecified atom stereocenters. The Kier molecular flexibility index (Phi) is 4.19. The lowest BCUT2D eigenvalue weighted by Gasteiger charge is -2.11. The number of carbonyl (C=O) groups is 1. The topological polar surface area (TPSA) is 76.4 Å². The van der Waals surface area contributed by atoms with Gasteiger partial charge in [0, 0.05) is 12.8 Å². The van der Waals surface area contributed by atoms with Crippen molar-refractivity contribution in [2.45, 2.75) is 44.9 Å². The number of nitrogens with zero attached hydrogens (tertiary/aromatic N) is 2. The van der Waals surface area contributed by atoms with Gasteiger partial charge in [0.05, 0.1) is 24.5 Å². The second-order valence-electron chi connectivity index (χ2n) is 4.53. The van der Waals surface area contributed by atoms with Crippen LogP contribution in [0, 0.1) is 0 Å². The fourth-order valence-corrected chi connectivity index (χ4v) is 2.07. The molecule has 0 aromatic carbocycles. The Morgan fingerprint density at radius 2 is 2.61 bits per heavy atom. The Morgan fingerprint density at radius 3 is 3.22 bits per heavy atom. The number of aromatic nitrogens is 2. The lowest BCUT2D eigenvalue weighted by molar-refractivity contribution is -0.137. The van der Waals surface area contributed by atoms with E-state index in [-0.39, 0.29) is 6.10 Å². The number of hydrogen-bond donors (Lipinski definition) is 2. The van der Waals surface area contributed by atoms with E-state index in [0.717, 1.165) is 31.7 Å². The number of aliphatic carboxylic acids is 1. The highest BCUT2D eigenvalue weighted by Crippen LogP contribution is 2.15. The number of nitrogens with one attached hydrogen (secondary N) is 1. The maximum absolute atomic E-state index is 10.9. The van der Waals surface area contributed by atoms with E-state index in [0.29, 0.717) is 6.42 Å². The third kappa shape index (κ3) is 3.22. The third-order valence-corrected chi connectivity index (χ3v) is 3.10. The molecule has 18 heavy (non-hydrogen) atoms. The van der Waals surface area contributed by atoms with Gasteiger partial charge in [-0.1, -0.05) is 6.92 Å². The van der Waals surface area contributed by atoms with Crippen molar-refractivity contribution < 1.29 is 14.6 Å². The number of ether oxygens (including phenoxy) is 1. The number of carboxylic acids is 1. The van der Waals surface area contributed by atoms with Gasteiger partial charge in [-0.3, -0.25) is 4.68 Å². The second kappa shape index (κ2) is 5.86. The highest BCUT2D eigenvalue weighted by Gasteiger charge is 2.18. The van der Waals surface area contributed by atoms with Gasteiger partial charge in [0.15, 0.2) is 0 Å². The molecular weight excluding hydrogens is 234 g/mol. The van der Waals surface area contributed by atoms with Crippen LogP contribution >= 0.6 is 0 Å². The van der Waals surface area contributed by atoms with E-state index in [1.54, 1.807) is 10.9 Å². The summed E-state index contributed by atoms with van der Waals surface area (Å²) in [6.45, 7) is 3.39. The van der Waals surface area contributed by atoms with Crippen molar-refractivity contribution in [1.82, 2.24) is 9.78 Å². The van der Waals surface area contributed by atoms with Crippen LogP contribution in [0.15, 0.2) is 12.4 Å². The predicted molar refractivity (Wildman–Crippen MR) is 66.5 cm³/mol. The molecule has 100 valence electrons. The van der Waals surface area contributed by atoms with E-state index >= 15 is 0 Å². The average Bonchev–Trinajstić information content (AvgIpc) is 2.98. The minimum Gasteiger partial charge on any atom is -0.480 e. The van der Waals surface area contributed by atoms with Crippen LogP contribution < -0.4 is 5.32 Å². The van der Waals surface area contributed by atoms with Gasteiger partial charge in [-0.2, -0.15) is 5.10 Å². The Labute approximate surface area is 106 Å². The molecular formula is C12H19N3O3. The Balaban J connectivity index is 1.90. The van der Waals surface area contributed by atoms with Crippen LogP contribution in [0.1, 0.15) is 26.2 Å².